The molecular weight excluding hydrogens is 641 g/mol. The highest BCUT2D eigenvalue weighted by molar-refractivity contribution is 7.26. The summed E-state index contributed by atoms with van der Waals surface area (Å²) < 4.78 is 7.07. The molecule has 0 aliphatic carbocycles. The van der Waals surface area contributed by atoms with Gasteiger partial charge in [-0.15, -0.1) is 11.3 Å². The number of fused-ring (bicyclic) bond motifs is 9. The molecule has 5 aromatic heterocycles. The van der Waals surface area contributed by atoms with E-state index in [1.807, 2.05) is 18.6 Å². The zero-order valence-corrected chi connectivity index (χ0v) is 28.2. The molecule has 0 aliphatic heterocycles. The summed E-state index contributed by atoms with van der Waals surface area (Å²) in [4.78, 5) is 9.80. The highest BCUT2D eigenvalue weighted by Crippen LogP contribution is 2.42. The highest BCUT2D eigenvalue weighted by atomic mass is 32.1. The van der Waals surface area contributed by atoms with Crippen LogP contribution in [0.15, 0.2) is 170 Å². The minimum Gasteiger partial charge on any atom is -0.309 e. The Hall–Kier alpha value is -6.56. The Morgan fingerprint density at radius 2 is 0.961 bits per heavy atom. The molecule has 0 bridgehead atoms. The molecule has 5 heterocycles. The van der Waals surface area contributed by atoms with Crippen LogP contribution >= 0.6 is 11.3 Å². The molecule has 11 aromatic rings. The van der Waals surface area contributed by atoms with E-state index < -0.39 is 0 Å². The molecule has 0 saturated carbocycles. The van der Waals surface area contributed by atoms with Crippen molar-refractivity contribution in [3.63, 3.8) is 0 Å². The summed E-state index contributed by atoms with van der Waals surface area (Å²) in [6.07, 6.45) is 5.99. The molecule has 51 heavy (non-hydrogen) atoms. The van der Waals surface area contributed by atoms with E-state index in [9.17, 15) is 0 Å². The summed E-state index contributed by atoms with van der Waals surface area (Å²) in [5, 5.41) is 6.04. The van der Waals surface area contributed by atoms with E-state index in [4.69, 9.17) is 9.97 Å². The minimum atomic E-state index is 0.997. The molecule has 11 rings (SSSR count). The first-order valence-corrected chi connectivity index (χ1v) is 18.0. The quantitative estimate of drug-likeness (QED) is 0.187. The van der Waals surface area contributed by atoms with Crippen molar-refractivity contribution in [3.8, 4) is 33.6 Å². The lowest BCUT2D eigenvalue weighted by molar-refractivity contribution is 1.18. The molecular formula is C46H28N4S. The highest BCUT2D eigenvalue weighted by Gasteiger charge is 2.18. The molecule has 0 aliphatic rings. The Balaban J connectivity index is 1.05. The predicted molar refractivity (Wildman–Crippen MR) is 214 cm³/mol. The van der Waals surface area contributed by atoms with Crippen LogP contribution < -0.4 is 0 Å². The van der Waals surface area contributed by atoms with E-state index in [0.717, 1.165) is 49.2 Å². The second kappa shape index (κ2) is 11.0. The molecule has 4 nitrogen and oxygen atoms in total. The molecule has 0 spiro atoms. The lowest BCUT2D eigenvalue weighted by Gasteiger charge is -2.08. The Kier molecular flexibility index (Phi) is 6.09. The molecule has 238 valence electrons. The van der Waals surface area contributed by atoms with Crippen LogP contribution in [0.2, 0.25) is 0 Å². The summed E-state index contributed by atoms with van der Waals surface area (Å²) >= 11 is 1.80. The topological polar surface area (TPSA) is 35.6 Å². The Labute approximate surface area is 297 Å². The largest absolute Gasteiger partial charge is 0.309 e. The van der Waals surface area contributed by atoms with E-state index in [1.54, 1.807) is 11.3 Å². The van der Waals surface area contributed by atoms with Gasteiger partial charge in [0.1, 0.15) is 0 Å². The molecule has 0 saturated heterocycles. The number of hydrogen-bond donors (Lipinski definition) is 0. The third-order valence-electron chi connectivity index (χ3n) is 10.2. The monoisotopic (exact) mass is 668 g/mol. The van der Waals surface area contributed by atoms with E-state index in [2.05, 4.69) is 161 Å². The molecule has 0 radical (unpaired) electrons. The van der Waals surface area contributed by atoms with Gasteiger partial charge in [-0.3, -0.25) is 9.97 Å². The summed E-state index contributed by atoms with van der Waals surface area (Å²) in [5.41, 5.74) is 12.7. The van der Waals surface area contributed by atoms with Crippen LogP contribution in [0, 0.1) is 0 Å². The first kappa shape index (κ1) is 28.3. The van der Waals surface area contributed by atoms with Crippen LogP contribution in [0.4, 0.5) is 0 Å². The molecule has 5 heteroatoms. The number of para-hydroxylation sites is 4. The smallest absolute Gasteiger partial charge is 0.0904 e. The van der Waals surface area contributed by atoms with Gasteiger partial charge in [-0.1, -0.05) is 84.9 Å². The lowest BCUT2D eigenvalue weighted by atomic mass is 10.0. The summed E-state index contributed by atoms with van der Waals surface area (Å²) in [6.45, 7) is 0. The van der Waals surface area contributed by atoms with Crippen molar-refractivity contribution in [2.75, 3.05) is 0 Å². The lowest BCUT2D eigenvalue weighted by Crippen LogP contribution is -1.92. The van der Waals surface area contributed by atoms with Crippen LogP contribution in [0.25, 0.3) is 97.5 Å². The zero-order chi connectivity index (χ0) is 33.5. The fraction of sp³-hybridized carbons (Fsp3) is 0. The maximum Gasteiger partial charge on any atom is 0.0904 e. The van der Waals surface area contributed by atoms with E-state index in [-0.39, 0.29) is 0 Å². The van der Waals surface area contributed by atoms with Gasteiger partial charge < -0.3 is 9.13 Å². The first-order chi connectivity index (χ1) is 25.3. The maximum absolute atomic E-state index is 5.07. The molecule has 0 atom stereocenters. The van der Waals surface area contributed by atoms with Gasteiger partial charge in [-0.2, -0.15) is 0 Å². The van der Waals surface area contributed by atoms with Crippen LogP contribution in [0.3, 0.4) is 0 Å². The molecule has 0 unspecified atom stereocenters. The van der Waals surface area contributed by atoms with Gasteiger partial charge >= 0.3 is 0 Å². The fourth-order valence-corrected chi connectivity index (χ4v) is 9.13. The average Bonchev–Trinajstić information content (AvgIpc) is 3.85. The number of pyridine rings is 2. The van der Waals surface area contributed by atoms with Crippen LogP contribution in [-0.2, 0) is 0 Å². The fourth-order valence-electron chi connectivity index (χ4n) is 7.93. The third-order valence-corrected chi connectivity index (χ3v) is 11.4. The number of aromatic nitrogens is 4. The van der Waals surface area contributed by atoms with Gasteiger partial charge in [0.15, 0.2) is 0 Å². The molecule has 0 amide bonds. The molecule has 0 fully saturated rings. The summed E-state index contributed by atoms with van der Waals surface area (Å²) in [7, 11) is 0. The normalized spacial score (nSPS) is 11.9. The van der Waals surface area contributed by atoms with Gasteiger partial charge in [-0.05, 0) is 77.9 Å². The Morgan fingerprint density at radius 3 is 1.61 bits per heavy atom. The number of nitrogens with zero attached hydrogens (tertiary/aromatic N) is 4. The van der Waals surface area contributed by atoms with Crippen LogP contribution in [-0.4, -0.2) is 19.1 Å². The first-order valence-electron chi connectivity index (χ1n) is 17.1. The number of rotatable bonds is 4. The van der Waals surface area contributed by atoms with Crippen molar-refractivity contribution in [1.82, 2.24) is 19.1 Å². The Bertz CT molecular complexity index is 3130. The van der Waals surface area contributed by atoms with E-state index >= 15 is 0 Å². The van der Waals surface area contributed by atoms with Crippen molar-refractivity contribution in [2.24, 2.45) is 0 Å². The number of hydrogen-bond acceptors (Lipinski definition) is 3. The third kappa shape index (κ3) is 4.25. The van der Waals surface area contributed by atoms with Gasteiger partial charge in [0.25, 0.3) is 0 Å². The van der Waals surface area contributed by atoms with Gasteiger partial charge in [-0.25, -0.2) is 0 Å². The average molecular weight is 669 g/mol. The molecule has 6 aromatic carbocycles. The predicted octanol–water partition coefficient (Wildman–Crippen LogP) is 12.4. The maximum atomic E-state index is 5.07. The standard InChI is InChI=1S/C46H28N4S/c1-3-11-32(12-4-1)49-40-17-9-7-15-34(40)36-23-29(19-21-42(36)49)31-25-44-45(48-26-31)39-28-47-27-38(46(39)51-44)30-20-22-43-37(24-30)35-16-8-10-18-41(35)50(43)33-13-5-2-6-14-33/h1-28H. The van der Waals surface area contributed by atoms with Gasteiger partial charge in [0, 0.05) is 72.7 Å². The zero-order valence-electron chi connectivity index (χ0n) is 27.4. The van der Waals surface area contributed by atoms with E-state index in [0.29, 0.717) is 0 Å². The SMILES string of the molecule is c1ccc(-n2c3ccccc3c3cc(-c4cnc5c(c4)sc4c(-c6ccc7c(c6)c6ccccc6n7-c6ccccc6)cncc45)ccc32)cc1. The van der Waals surface area contributed by atoms with Crippen LogP contribution in [0.5, 0.6) is 0 Å². The van der Waals surface area contributed by atoms with Crippen molar-refractivity contribution in [2.45, 2.75) is 0 Å². The van der Waals surface area contributed by atoms with Crippen molar-refractivity contribution in [1.29, 1.82) is 0 Å². The van der Waals surface area contributed by atoms with Crippen molar-refractivity contribution in [3.05, 3.63) is 170 Å². The van der Waals surface area contributed by atoms with Gasteiger partial charge in [0.2, 0.25) is 0 Å². The van der Waals surface area contributed by atoms with Crippen molar-refractivity contribution >= 4 is 75.3 Å². The van der Waals surface area contributed by atoms with E-state index in [1.165, 1.54) is 48.3 Å². The Morgan fingerprint density at radius 1 is 0.412 bits per heavy atom. The minimum absolute atomic E-state index is 0.997. The van der Waals surface area contributed by atoms with Crippen LogP contribution in [0.1, 0.15) is 0 Å². The second-order valence-electron chi connectivity index (χ2n) is 13.1. The second-order valence-corrected chi connectivity index (χ2v) is 14.1. The summed E-state index contributed by atoms with van der Waals surface area (Å²) in [5.74, 6) is 0. The van der Waals surface area contributed by atoms with Crippen molar-refractivity contribution < 1.29 is 0 Å². The van der Waals surface area contributed by atoms with Gasteiger partial charge in [0.05, 0.1) is 32.3 Å². The number of benzene rings is 6. The molecule has 0 N–H and O–H groups in total. The summed E-state index contributed by atoms with van der Waals surface area (Å²) in [6, 6.07) is 54.5. The number of thiophene rings is 1.